The van der Waals surface area contributed by atoms with Gasteiger partial charge in [0.15, 0.2) is 9.84 Å². The molecular formula is C12H13BrClFO3S. The maximum atomic E-state index is 13.4. The molecule has 1 aromatic rings. The van der Waals surface area contributed by atoms with Crippen LogP contribution in [-0.4, -0.2) is 27.0 Å². The Morgan fingerprint density at radius 1 is 1.53 bits per heavy atom. The predicted molar refractivity (Wildman–Crippen MR) is 76.0 cm³/mol. The van der Waals surface area contributed by atoms with Gasteiger partial charge in [0, 0.05) is 11.6 Å². The summed E-state index contributed by atoms with van der Waals surface area (Å²) in [7, 11) is -1.57. The number of hydrogen-bond acceptors (Lipinski definition) is 3. The first-order chi connectivity index (χ1) is 8.84. The Balaban J connectivity index is 2.33. The van der Waals surface area contributed by atoms with Gasteiger partial charge in [-0.15, -0.1) is 11.6 Å². The minimum atomic E-state index is -3.00. The monoisotopic (exact) mass is 370 g/mol. The third-order valence-electron chi connectivity index (χ3n) is 3.25. The standard InChI is InChI=1S/C12H13BrClFO3S/c1-18-11-5-10(15)9(13)4-8(11)12(14)7-2-3-19(16,17)6-7/h4-5,7,12H,2-3,6H2,1H3. The topological polar surface area (TPSA) is 43.4 Å². The highest BCUT2D eigenvalue weighted by Crippen LogP contribution is 2.41. The second-order valence-electron chi connectivity index (χ2n) is 4.57. The van der Waals surface area contributed by atoms with E-state index in [2.05, 4.69) is 15.9 Å². The van der Waals surface area contributed by atoms with Crippen molar-refractivity contribution < 1.29 is 17.5 Å². The van der Waals surface area contributed by atoms with Gasteiger partial charge < -0.3 is 4.74 Å². The van der Waals surface area contributed by atoms with Gasteiger partial charge in [0.2, 0.25) is 0 Å². The molecule has 0 amide bonds. The number of sulfone groups is 1. The molecule has 3 nitrogen and oxygen atoms in total. The van der Waals surface area contributed by atoms with Crippen LogP contribution >= 0.6 is 27.5 Å². The molecule has 106 valence electrons. The molecule has 0 aromatic heterocycles. The van der Waals surface area contributed by atoms with E-state index in [9.17, 15) is 12.8 Å². The number of rotatable bonds is 3. The SMILES string of the molecule is COc1cc(F)c(Br)cc1C(Cl)C1CCS(=O)(=O)C1. The van der Waals surface area contributed by atoms with Crippen LogP contribution < -0.4 is 4.74 Å². The zero-order valence-corrected chi connectivity index (χ0v) is 13.4. The summed E-state index contributed by atoms with van der Waals surface area (Å²) >= 11 is 9.46. The van der Waals surface area contributed by atoms with Gasteiger partial charge in [-0.05, 0) is 34.3 Å². The Labute approximate surface area is 125 Å². The zero-order chi connectivity index (χ0) is 14.2. The van der Waals surface area contributed by atoms with E-state index in [4.69, 9.17) is 16.3 Å². The average Bonchev–Trinajstić information content (AvgIpc) is 2.71. The molecule has 0 saturated carbocycles. The Morgan fingerprint density at radius 3 is 2.74 bits per heavy atom. The van der Waals surface area contributed by atoms with E-state index in [-0.39, 0.29) is 21.9 Å². The lowest BCUT2D eigenvalue weighted by Crippen LogP contribution is -2.11. The van der Waals surface area contributed by atoms with Crippen molar-refractivity contribution in [2.45, 2.75) is 11.8 Å². The minimum Gasteiger partial charge on any atom is -0.496 e. The summed E-state index contributed by atoms with van der Waals surface area (Å²) in [5, 5.41) is -0.510. The molecule has 2 rings (SSSR count). The molecule has 1 aliphatic heterocycles. The van der Waals surface area contributed by atoms with Gasteiger partial charge in [-0.2, -0.15) is 0 Å². The van der Waals surface area contributed by atoms with Crippen molar-refractivity contribution in [3.05, 3.63) is 28.0 Å². The summed E-state index contributed by atoms with van der Waals surface area (Å²) in [6, 6.07) is 2.80. The van der Waals surface area contributed by atoms with Crippen molar-refractivity contribution in [1.82, 2.24) is 0 Å². The average molecular weight is 372 g/mol. The fourth-order valence-electron chi connectivity index (χ4n) is 2.24. The first kappa shape index (κ1) is 15.1. The highest BCUT2D eigenvalue weighted by molar-refractivity contribution is 9.10. The molecule has 7 heteroatoms. The van der Waals surface area contributed by atoms with E-state index >= 15 is 0 Å². The maximum Gasteiger partial charge on any atom is 0.150 e. The second-order valence-corrected chi connectivity index (χ2v) is 8.13. The molecule has 0 bridgehead atoms. The number of benzene rings is 1. The van der Waals surface area contributed by atoms with E-state index in [0.717, 1.165) is 0 Å². The highest BCUT2D eigenvalue weighted by Gasteiger charge is 2.35. The van der Waals surface area contributed by atoms with Crippen LogP contribution in [0.15, 0.2) is 16.6 Å². The van der Waals surface area contributed by atoms with E-state index < -0.39 is 21.0 Å². The highest BCUT2D eigenvalue weighted by atomic mass is 79.9. The van der Waals surface area contributed by atoms with E-state index in [1.165, 1.54) is 13.2 Å². The summed E-state index contributed by atoms with van der Waals surface area (Å²) in [4.78, 5) is 0. The van der Waals surface area contributed by atoms with Crippen LogP contribution in [0.4, 0.5) is 4.39 Å². The quantitative estimate of drug-likeness (QED) is 0.766. The molecular weight excluding hydrogens is 359 g/mol. The fraction of sp³-hybridized carbons (Fsp3) is 0.500. The molecule has 1 heterocycles. The van der Waals surface area contributed by atoms with Crippen LogP contribution in [0, 0.1) is 11.7 Å². The van der Waals surface area contributed by atoms with Gasteiger partial charge in [0.1, 0.15) is 11.6 Å². The molecule has 1 aliphatic rings. The Bertz CT molecular complexity index is 591. The third-order valence-corrected chi connectivity index (χ3v) is 6.24. The smallest absolute Gasteiger partial charge is 0.150 e. The van der Waals surface area contributed by atoms with Crippen LogP contribution in [0.5, 0.6) is 5.75 Å². The molecule has 0 spiro atoms. The van der Waals surface area contributed by atoms with Gasteiger partial charge >= 0.3 is 0 Å². The lowest BCUT2D eigenvalue weighted by atomic mass is 9.97. The van der Waals surface area contributed by atoms with Crippen LogP contribution in [0.2, 0.25) is 0 Å². The van der Waals surface area contributed by atoms with E-state index in [0.29, 0.717) is 17.7 Å². The summed E-state index contributed by atoms with van der Waals surface area (Å²) in [5.74, 6) is -0.0448. The normalized spacial score (nSPS) is 23.3. The Morgan fingerprint density at radius 2 is 2.21 bits per heavy atom. The van der Waals surface area contributed by atoms with Crippen molar-refractivity contribution in [1.29, 1.82) is 0 Å². The zero-order valence-electron chi connectivity index (χ0n) is 10.2. The minimum absolute atomic E-state index is 0.0688. The lowest BCUT2D eigenvalue weighted by Gasteiger charge is -2.19. The first-order valence-electron chi connectivity index (χ1n) is 5.71. The fourth-order valence-corrected chi connectivity index (χ4v) is 4.94. The summed E-state index contributed by atoms with van der Waals surface area (Å²) < 4.78 is 41.8. The van der Waals surface area contributed by atoms with Crippen LogP contribution in [0.25, 0.3) is 0 Å². The molecule has 19 heavy (non-hydrogen) atoms. The number of halogens is 3. The first-order valence-corrected chi connectivity index (χ1v) is 8.76. The van der Waals surface area contributed by atoms with Crippen molar-refractivity contribution >= 4 is 37.4 Å². The number of alkyl halides is 1. The molecule has 2 unspecified atom stereocenters. The molecule has 0 aliphatic carbocycles. The van der Waals surface area contributed by atoms with Gasteiger partial charge in [-0.3, -0.25) is 0 Å². The van der Waals surface area contributed by atoms with Crippen molar-refractivity contribution in [2.75, 3.05) is 18.6 Å². The summed E-state index contributed by atoms with van der Waals surface area (Å²) in [6.45, 7) is 0. The van der Waals surface area contributed by atoms with Gasteiger partial charge in [-0.25, -0.2) is 12.8 Å². The van der Waals surface area contributed by atoms with Crippen LogP contribution in [0.3, 0.4) is 0 Å². The molecule has 1 saturated heterocycles. The van der Waals surface area contributed by atoms with Crippen LogP contribution in [-0.2, 0) is 9.84 Å². The molecule has 2 atom stereocenters. The summed E-state index contributed by atoms with van der Waals surface area (Å²) in [6.07, 6.45) is 0.522. The van der Waals surface area contributed by atoms with Crippen molar-refractivity contribution in [3.63, 3.8) is 0 Å². The van der Waals surface area contributed by atoms with Crippen LogP contribution in [0.1, 0.15) is 17.4 Å². The lowest BCUT2D eigenvalue weighted by molar-refractivity contribution is 0.400. The maximum absolute atomic E-state index is 13.4. The number of ether oxygens (including phenoxy) is 1. The Hall–Kier alpha value is -0.330. The number of hydrogen-bond donors (Lipinski definition) is 0. The van der Waals surface area contributed by atoms with Gasteiger partial charge in [-0.1, -0.05) is 0 Å². The largest absolute Gasteiger partial charge is 0.496 e. The van der Waals surface area contributed by atoms with E-state index in [1.54, 1.807) is 6.07 Å². The molecule has 0 N–H and O–H groups in total. The molecule has 1 aromatic carbocycles. The second kappa shape index (κ2) is 5.58. The van der Waals surface area contributed by atoms with Crippen molar-refractivity contribution in [2.24, 2.45) is 5.92 Å². The summed E-state index contributed by atoms with van der Waals surface area (Å²) in [5.41, 5.74) is 0.611. The third kappa shape index (κ3) is 3.23. The Kier molecular flexibility index (Phi) is 4.42. The molecule has 0 radical (unpaired) electrons. The van der Waals surface area contributed by atoms with E-state index in [1.807, 2.05) is 0 Å². The van der Waals surface area contributed by atoms with Gasteiger partial charge in [0.05, 0.1) is 28.5 Å². The molecule has 1 fully saturated rings. The predicted octanol–water partition coefficient (Wildman–Crippen LogP) is 3.31. The number of methoxy groups -OCH3 is 1. The van der Waals surface area contributed by atoms with Crippen molar-refractivity contribution in [3.8, 4) is 5.75 Å². The van der Waals surface area contributed by atoms with Gasteiger partial charge in [0.25, 0.3) is 0 Å².